The zero-order valence-electron chi connectivity index (χ0n) is 11.1. The molecule has 0 N–H and O–H groups in total. The molecule has 0 aliphatic carbocycles. The molecule has 3 nitrogen and oxygen atoms in total. The molecule has 0 saturated heterocycles. The average Bonchev–Trinajstić information content (AvgIpc) is 2.80. The van der Waals surface area contributed by atoms with Gasteiger partial charge in [-0.3, -0.25) is 4.40 Å². The van der Waals surface area contributed by atoms with E-state index in [2.05, 4.69) is 9.72 Å². The van der Waals surface area contributed by atoms with Crippen molar-refractivity contribution >= 4 is 5.65 Å². The Labute approximate surface area is 118 Å². The molecule has 0 bridgehead atoms. The number of pyridine rings is 1. The maximum atomic E-state index is 12.1. The third kappa shape index (κ3) is 2.84. The van der Waals surface area contributed by atoms with Crippen molar-refractivity contribution in [2.24, 2.45) is 0 Å². The van der Waals surface area contributed by atoms with Crippen LogP contribution < -0.4 is 4.74 Å². The molecular formula is C15H11F3N2O. The lowest BCUT2D eigenvalue weighted by Crippen LogP contribution is -2.16. The van der Waals surface area contributed by atoms with E-state index >= 15 is 0 Å². The highest BCUT2D eigenvalue weighted by Crippen LogP contribution is 2.27. The van der Waals surface area contributed by atoms with Crippen molar-refractivity contribution in [3.05, 3.63) is 54.4 Å². The van der Waals surface area contributed by atoms with E-state index in [-0.39, 0.29) is 5.75 Å². The first-order valence-electron chi connectivity index (χ1n) is 6.22. The summed E-state index contributed by atoms with van der Waals surface area (Å²) in [6, 6.07) is 9.60. The molecule has 0 unspecified atom stereocenters. The van der Waals surface area contributed by atoms with Crippen LogP contribution in [0.4, 0.5) is 13.2 Å². The standard InChI is InChI=1S/C15H11F3N2O/c1-10-6-7-20-13(9-19-14(20)8-10)11-2-4-12(5-3-11)21-15(16,17)18/h2-9H,1H3. The molecule has 3 aromatic rings. The van der Waals surface area contributed by atoms with Crippen LogP contribution in [0.1, 0.15) is 5.56 Å². The van der Waals surface area contributed by atoms with Crippen LogP contribution >= 0.6 is 0 Å². The maximum absolute atomic E-state index is 12.1. The molecule has 0 aliphatic rings. The second-order valence-electron chi connectivity index (χ2n) is 4.65. The first kappa shape index (κ1) is 13.5. The predicted molar refractivity (Wildman–Crippen MR) is 72.0 cm³/mol. The van der Waals surface area contributed by atoms with Gasteiger partial charge in [-0.2, -0.15) is 0 Å². The number of ether oxygens (including phenoxy) is 1. The van der Waals surface area contributed by atoms with Gasteiger partial charge in [-0.05, 0) is 48.9 Å². The highest BCUT2D eigenvalue weighted by atomic mass is 19.4. The van der Waals surface area contributed by atoms with E-state index < -0.39 is 6.36 Å². The number of halogens is 3. The number of fused-ring (bicyclic) bond motifs is 1. The minimum absolute atomic E-state index is 0.240. The van der Waals surface area contributed by atoms with E-state index in [9.17, 15) is 13.2 Å². The summed E-state index contributed by atoms with van der Waals surface area (Å²) in [5, 5.41) is 0. The Morgan fingerprint density at radius 3 is 2.48 bits per heavy atom. The van der Waals surface area contributed by atoms with Crippen LogP contribution in [0.15, 0.2) is 48.8 Å². The molecule has 0 fully saturated rings. The summed E-state index contributed by atoms with van der Waals surface area (Å²) < 4.78 is 42.1. The monoisotopic (exact) mass is 292 g/mol. The first-order valence-corrected chi connectivity index (χ1v) is 6.22. The van der Waals surface area contributed by atoms with Gasteiger partial charge in [0, 0.05) is 11.8 Å². The van der Waals surface area contributed by atoms with Crippen LogP contribution in [-0.2, 0) is 0 Å². The zero-order chi connectivity index (χ0) is 15.0. The van der Waals surface area contributed by atoms with E-state index in [1.807, 2.05) is 29.7 Å². The van der Waals surface area contributed by atoms with Crippen molar-refractivity contribution in [3.63, 3.8) is 0 Å². The van der Waals surface area contributed by atoms with Gasteiger partial charge in [0.1, 0.15) is 11.4 Å². The van der Waals surface area contributed by atoms with Gasteiger partial charge in [-0.25, -0.2) is 4.98 Å². The van der Waals surface area contributed by atoms with Crippen molar-refractivity contribution in [3.8, 4) is 17.0 Å². The Bertz CT molecular complexity index is 776. The van der Waals surface area contributed by atoms with Crippen molar-refractivity contribution in [1.82, 2.24) is 9.38 Å². The van der Waals surface area contributed by atoms with E-state index in [0.29, 0.717) is 0 Å². The average molecular weight is 292 g/mol. The van der Waals surface area contributed by atoms with Crippen molar-refractivity contribution in [1.29, 1.82) is 0 Å². The summed E-state index contributed by atoms with van der Waals surface area (Å²) in [7, 11) is 0. The number of aryl methyl sites for hydroxylation is 1. The summed E-state index contributed by atoms with van der Waals surface area (Å²) in [4.78, 5) is 4.29. The molecule has 0 saturated carbocycles. The number of benzene rings is 1. The van der Waals surface area contributed by atoms with E-state index in [1.165, 1.54) is 12.1 Å². The van der Waals surface area contributed by atoms with Gasteiger partial charge in [-0.1, -0.05) is 0 Å². The van der Waals surface area contributed by atoms with Gasteiger partial charge >= 0.3 is 6.36 Å². The molecule has 1 aromatic carbocycles. The molecular weight excluding hydrogens is 281 g/mol. The lowest BCUT2D eigenvalue weighted by molar-refractivity contribution is -0.274. The lowest BCUT2D eigenvalue weighted by atomic mass is 10.1. The Kier molecular flexibility index (Phi) is 3.08. The number of aromatic nitrogens is 2. The molecule has 2 heterocycles. The van der Waals surface area contributed by atoms with Crippen LogP contribution in [0.3, 0.4) is 0 Å². The summed E-state index contributed by atoms with van der Waals surface area (Å²) in [5.74, 6) is -0.240. The summed E-state index contributed by atoms with van der Waals surface area (Å²) in [6.45, 7) is 1.97. The van der Waals surface area contributed by atoms with Crippen molar-refractivity contribution in [2.45, 2.75) is 13.3 Å². The number of alkyl halides is 3. The lowest BCUT2D eigenvalue weighted by Gasteiger charge is -2.09. The quantitative estimate of drug-likeness (QED) is 0.707. The van der Waals surface area contributed by atoms with E-state index in [4.69, 9.17) is 0 Å². The van der Waals surface area contributed by atoms with Gasteiger partial charge in [0.25, 0.3) is 0 Å². The molecule has 21 heavy (non-hydrogen) atoms. The number of hydrogen-bond donors (Lipinski definition) is 0. The SMILES string of the molecule is Cc1ccn2c(-c3ccc(OC(F)(F)F)cc3)cnc2c1. The minimum Gasteiger partial charge on any atom is -0.406 e. The highest BCUT2D eigenvalue weighted by molar-refractivity contribution is 5.64. The first-order chi connectivity index (χ1) is 9.92. The number of nitrogens with zero attached hydrogens (tertiary/aromatic N) is 2. The Hall–Kier alpha value is -2.50. The van der Waals surface area contributed by atoms with Crippen molar-refractivity contribution < 1.29 is 17.9 Å². The summed E-state index contributed by atoms with van der Waals surface area (Å²) >= 11 is 0. The Morgan fingerprint density at radius 2 is 1.81 bits per heavy atom. The van der Waals surface area contributed by atoms with Crippen LogP contribution in [0.2, 0.25) is 0 Å². The molecule has 0 atom stereocenters. The topological polar surface area (TPSA) is 26.5 Å². The van der Waals surface area contributed by atoms with Crippen LogP contribution in [0.25, 0.3) is 16.9 Å². The van der Waals surface area contributed by atoms with Gasteiger partial charge in [0.2, 0.25) is 0 Å². The minimum atomic E-state index is -4.68. The third-order valence-corrected chi connectivity index (χ3v) is 3.05. The molecule has 2 aromatic heterocycles. The van der Waals surface area contributed by atoms with Gasteiger partial charge in [0.05, 0.1) is 11.9 Å². The third-order valence-electron chi connectivity index (χ3n) is 3.05. The number of rotatable bonds is 2. The Morgan fingerprint density at radius 1 is 1.10 bits per heavy atom. The second kappa shape index (κ2) is 4.80. The number of hydrogen-bond acceptors (Lipinski definition) is 2. The van der Waals surface area contributed by atoms with Gasteiger partial charge < -0.3 is 4.74 Å². The summed E-state index contributed by atoms with van der Waals surface area (Å²) in [5.41, 5.74) is 3.46. The largest absolute Gasteiger partial charge is 0.573 e. The van der Waals surface area contributed by atoms with Crippen LogP contribution in [0.5, 0.6) is 5.75 Å². The smallest absolute Gasteiger partial charge is 0.406 e. The van der Waals surface area contributed by atoms with Crippen LogP contribution in [0, 0.1) is 6.92 Å². The summed E-state index contributed by atoms with van der Waals surface area (Å²) in [6.07, 6.45) is -1.11. The maximum Gasteiger partial charge on any atom is 0.573 e. The molecule has 0 aliphatic heterocycles. The molecule has 0 spiro atoms. The normalized spacial score (nSPS) is 11.8. The van der Waals surface area contributed by atoms with Crippen LogP contribution in [-0.4, -0.2) is 15.7 Å². The molecule has 3 rings (SSSR count). The van der Waals surface area contributed by atoms with Crippen molar-refractivity contribution in [2.75, 3.05) is 0 Å². The molecule has 0 amide bonds. The molecule has 0 radical (unpaired) electrons. The van der Waals surface area contributed by atoms with E-state index in [1.54, 1.807) is 18.3 Å². The van der Waals surface area contributed by atoms with Gasteiger partial charge in [0.15, 0.2) is 0 Å². The predicted octanol–water partition coefficient (Wildman–Crippen LogP) is 4.21. The fourth-order valence-corrected chi connectivity index (χ4v) is 2.12. The highest BCUT2D eigenvalue weighted by Gasteiger charge is 2.30. The fourth-order valence-electron chi connectivity index (χ4n) is 2.12. The molecule has 6 heteroatoms. The van der Waals surface area contributed by atoms with Gasteiger partial charge in [-0.15, -0.1) is 13.2 Å². The Balaban J connectivity index is 1.96. The van der Waals surface area contributed by atoms with E-state index in [0.717, 1.165) is 22.5 Å². The molecule has 108 valence electrons. The second-order valence-corrected chi connectivity index (χ2v) is 4.65. The zero-order valence-corrected chi connectivity index (χ0v) is 11.1. The fraction of sp³-hybridized carbons (Fsp3) is 0.133. The number of imidazole rings is 1.